The molecule has 4 heteroatoms. The van der Waals surface area contributed by atoms with E-state index in [4.69, 9.17) is 0 Å². The number of benzene rings is 1. The van der Waals surface area contributed by atoms with Gasteiger partial charge < -0.3 is 14.9 Å². The highest BCUT2D eigenvalue weighted by atomic mass is 16.3. The van der Waals surface area contributed by atoms with Crippen molar-refractivity contribution in [3.05, 3.63) is 29.8 Å². The smallest absolute Gasteiger partial charge is 0.253 e. The molecule has 0 bridgehead atoms. The number of hydrogen-bond acceptors (Lipinski definition) is 3. The van der Waals surface area contributed by atoms with Gasteiger partial charge in [-0.3, -0.25) is 4.79 Å². The highest BCUT2D eigenvalue weighted by Gasteiger charge is 2.49. The van der Waals surface area contributed by atoms with Crippen LogP contribution >= 0.6 is 0 Å². The summed E-state index contributed by atoms with van der Waals surface area (Å²) in [6.07, 6.45) is 3.83. The number of carbonyl (C=O) groups excluding carboxylic acids is 1. The molecular weight excluding hydrogens is 264 g/mol. The zero-order valence-electron chi connectivity index (χ0n) is 12.9. The van der Waals surface area contributed by atoms with Gasteiger partial charge in [0.1, 0.15) is 0 Å². The van der Waals surface area contributed by atoms with Crippen LogP contribution in [0.2, 0.25) is 0 Å². The number of piperidine rings is 1. The molecule has 1 atom stereocenters. The Kier molecular flexibility index (Phi) is 3.66. The monoisotopic (exact) mass is 288 g/mol. The highest BCUT2D eigenvalue weighted by molar-refractivity contribution is 5.95. The first-order chi connectivity index (χ1) is 9.99. The van der Waals surface area contributed by atoms with E-state index in [1.54, 1.807) is 0 Å². The maximum atomic E-state index is 12.7. The van der Waals surface area contributed by atoms with Crippen LogP contribution in [0.25, 0.3) is 0 Å². The van der Waals surface area contributed by atoms with Crippen LogP contribution in [0.4, 0.5) is 5.69 Å². The molecule has 1 saturated heterocycles. The molecule has 1 aromatic carbocycles. The van der Waals surface area contributed by atoms with Gasteiger partial charge in [0.15, 0.2) is 0 Å². The summed E-state index contributed by atoms with van der Waals surface area (Å²) in [6.45, 7) is 1.50. The van der Waals surface area contributed by atoms with Crippen molar-refractivity contribution in [2.24, 2.45) is 5.92 Å². The number of anilines is 1. The summed E-state index contributed by atoms with van der Waals surface area (Å²) >= 11 is 0. The predicted molar refractivity (Wildman–Crippen MR) is 83.6 cm³/mol. The van der Waals surface area contributed by atoms with Crippen molar-refractivity contribution < 1.29 is 9.90 Å². The Balaban J connectivity index is 1.73. The summed E-state index contributed by atoms with van der Waals surface area (Å²) in [7, 11) is 3.95. The second-order valence-electron chi connectivity index (χ2n) is 6.64. The molecule has 2 fully saturated rings. The zero-order valence-corrected chi connectivity index (χ0v) is 12.9. The second kappa shape index (κ2) is 5.34. The van der Waals surface area contributed by atoms with Gasteiger partial charge in [-0.15, -0.1) is 0 Å². The summed E-state index contributed by atoms with van der Waals surface area (Å²) in [4.78, 5) is 16.6. The molecule has 1 saturated carbocycles. The molecule has 0 aromatic heterocycles. The fourth-order valence-corrected chi connectivity index (χ4v) is 3.24. The first kappa shape index (κ1) is 14.4. The van der Waals surface area contributed by atoms with Crippen LogP contribution in [0.1, 0.15) is 36.0 Å². The van der Waals surface area contributed by atoms with Gasteiger partial charge in [-0.2, -0.15) is 0 Å². The third-order valence-corrected chi connectivity index (χ3v) is 4.84. The molecule has 21 heavy (non-hydrogen) atoms. The molecular formula is C17H24N2O2. The van der Waals surface area contributed by atoms with Crippen LogP contribution in [-0.2, 0) is 0 Å². The largest absolute Gasteiger partial charge is 0.390 e. The van der Waals surface area contributed by atoms with Gasteiger partial charge in [0.2, 0.25) is 0 Å². The Labute approximate surface area is 126 Å². The van der Waals surface area contributed by atoms with Gasteiger partial charge in [-0.1, -0.05) is 6.07 Å². The number of likely N-dealkylation sites (tertiary alicyclic amines) is 1. The summed E-state index contributed by atoms with van der Waals surface area (Å²) in [5.74, 6) is 0.347. The van der Waals surface area contributed by atoms with E-state index in [1.807, 2.05) is 48.2 Å². The van der Waals surface area contributed by atoms with Crippen molar-refractivity contribution in [1.29, 1.82) is 0 Å². The summed E-state index contributed by atoms with van der Waals surface area (Å²) in [6, 6.07) is 7.75. The van der Waals surface area contributed by atoms with E-state index in [9.17, 15) is 9.90 Å². The van der Waals surface area contributed by atoms with Gasteiger partial charge in [-0.05, 0) is 43.9 Å². The minimum Gasteiger partial charge on any atom is -0.390 e. The molecule has 114 valence electrons. The van der Waals surface area contributed by atoms with E-state index in [2.05, 4.69) is 0 Å². The van der Waals surface area contributed by atoms with E-state index in [1.165, 1.54) is 0 Å². The Morgan fingerprint density at radius 2 is 2.14 bits per heavy atom. The topological polar surface area (TPSA) is 43.8 Å². The van der Waals surface area contributed by atoms with Crippen LogP contribution in [-0.4, -0.2) is 48.7 Å². The van der Waals surface area contributed by atoms with Crippen LogP contribution in [0.5, 0.6) is 0 Å². The van der Waals surface area contributed by atoms with Crippen molar-refractivity contribution in [2.75, 3.05) is 32.1 Å². The SMILES string of the molecule is CN(C)c1cccc(C(=O)N2CCCC(C3(O)CC3)C2)c1. The van der Waals surface area contributed by atoms with E-state index < -0.39 is 5.60 Å². The molecule has 1 amide bonds. The average molecular weight is 288 g/mol. The fraction of sp³-hybridized carbons (Fsp3) is 0.588. The van der Waals surface area contributed by atoms with Gasteiger partial charge in [0, 0.05) is 44.4 Å². The molecule has 1 unspecified atom stereocenters. The van der Waals surface area contributed by atoms with Crippen molar-refractivity contribution in [3.8, 4) is 0 Å². The fourth-order valence-electron chi connectivity index (χ4n) is 3.24. The number of rotatable bonds is 3. The Morgan fingerprint density at radius 1 is 1.38 bits per heavy atom. The van der Waals surface area contributed by atoms with E-state index in [0.29, 0.717) is 6.54 Å². The predicted octanol–water partition coefficient (Wildman–Crippen LogP) is 2.13. The lowest BCUT2D eigenvalue weighted by atomic mass is 9.90. The van der Waals surface area contributed by atoms with Crippen LogP contribution in [0.3, 0.4) is 0 Å². The molecule has 1 aromatic rings. The first-order valence-electron chi connectivity index (χ1n) is 7.79. The van der Waals surface area contributed by atoms with E-state index in [0.717, 1.165) is 43.5 Å². The molecule has 0 spiro atoms. The van der Waals surface area contributed by atoms with Crippen LogP contribution < -0.4 is 4.90 Å². The van der Waals surface area contributed by atoms with Crippen LogP contribution in [0, 0.1) is 5.92 Å². The lowest BCUT2D eigenvalue weighted by Crippen LogP contribution is -2.44. The summed E-state index contributed by atoms with van der Waals surface area (Å²) < 4.78 is 0. The molecule has 1 aliphatic heterocycles. The third-order valence-electron chi connectivity index (χ3n) is 4.84. The van der Waals surface area contributed by atoms with Gasteiger partial charge in [0.05, 0.1) is 5.60 Å². The molecule has 2 aliphatic rings. The zero-order chi connectivity index (χ0) is 15.0. The Bertz CT molecular complexity index is 537. The summed E-state index contributed by atoms with van der Waals surface area (Å²) in [5.41, 5.74) is 1.30. The molecule has 4 nitrogen and oxygen atoms in total. The molecule has 1 N–H and O–H groups in total. The van der Waals surface area contributed by atoms with Gasteiger partial charge in [-0.25, -0.2) is 0 Å². The quantitative estimate of drug-likeness (QED) is 0.926. The minimum atomic E-state index is -0.482. The maximum absolute atomic E-state index is 12.7. The second-order valence-corrected chi connectivity index (χ2v) is 6.64. The number of nitrogens with zero attached hydrogens (tertiary/aromatic N) is 2. The van der Waals surface area contributed by atoms with E-state index in [-0.39, 0.29) is 11.8 Å². The highest BCUT2D eigenvalue weighted by Crippen LogP contribution is 2.45. The van der Waals surface area contributed by atoms with Crippen molar-refractivity contribution in [2.45, 2.75) is 31.3 Å². The Hall–Kier alpha value is -1.55. The molecule has 1 aliphatic carbocycles. The number of amides is 1. The summed E-state index contributed by atoms with van der Waals surface area (Å²) in [5, 5.41) is 10.3. The normalized spacial score (nSPS) is 23.8. The first-order valence-corrected chi connectivity index (χ1v) is 7.79. The number of carbonyl (C=O) groups is 1. The average Bonchev–Trinajstić information content (AvgIpc) is 3.26. The van der Waals surface area contributed by atoms with Gasteiger partial charge >= 0.3 is 0 Å². The Morgan fingerprint density at radius 3 is 2.81 bits per heavy atom. The van der Waals surface area contributed by atoms with E-state index >= 15 is 0 Å². The lowest BCUT2D eigenvalue weighted by molar-refractivity contribution is 0.0282. The third kappa shape index (κ3) is 2.91. The number of aliphatic hydroxyl groups is 1. The van der Waals surface area contributed by atoms with Crippen molar-refractivity contribution >= 4 is 11.6 Å². The molecule has 1 heterocycles. The van der Waals surface area contributed by atoms with Crippen molar-refractivity contribution in [3.63, 3.8) is 0 Å². The number of hydrogen-bond donors (Lipinski definition) is 1. The molecule has 0 radical (unpaired) electrons. The molecule has 3 rings (SSSR count). The van der Waals surface area contributed by atoms with Crippen molar-refractivity contribution in [1.82, 2.24) is 4.90 Å². The maximum Gasteiger partial charge on any atom is 0.253 e. The standard InChI is InChI=1S/C17H24N2O2/c1-18(2)15-7-3-5-13(11-15)16(20)19-10-4-6-14(12-19)17(21)8-9-17/h3,5,7,11,14,21H,4,6,8-10,12H2,1-2H3. The minimum absolute atomic E-state index is 0.0904. The van der Waals surface area contributed by atoms with Gasteiger partial charge in [0.25, 0.3) is 5.91 Å². The lowest BCUT2D eigenvalue weighted by Gasteiger charge is -2.35. The van der Waals surface area contributed by atoms with Crippen LogP contribution in [0.15, 0.2) is 24.3 Å².